The molecule has 2 aromatic heterocycles. The Morgan fingerprint density at radius 3 is 2.44 bits per heavy atom. The summed E-state index contributed by atoms with van der Waals surface area (Å²) in [5.41, 5.74) is 5.78. The Morgan fingerprint density at radius 2 is 1.71 bits per heavy atom. The summed E-state index contributed by atoms with van der Waals surface area (Å²) in [6.07, 6.45) is 1.91. The number of carbonyl (C=O) groups is 1. The van der Waals surface area contributed by atoms with Gasteiger partial charge >= 0.3 is 5.97 Å². The number of hydrogen-bond donors (Lipinski definition) is 0. The van der Waals surface area contributed by atoms with Crippen LogP contribution in [0.1, 0.15) is 41.0 Å². The third-order valence-corrected chi connectivity index (χ3v) is 9.87. The van der Waals surface area contributed by atoms with Crippen LogP contribution in [0.25, 0.3) is 28.2 Å². The molecule has 0 spiro atoms. The molecule has 1 atom stereocenters. The summed E-state index contributed by atoms with van der Waals surface area (Å²) in [6.45, 7) is 5.99. The number of ether oxygens (including phenoxy) is 2. The highest BCUT2D eigenvalue weighted by Crippen LogP contribution is 2.42. The predicted molar refractivity (Wildman–Crippen MR) is 192 cm³/mol. The zero-order chi connectivity index (χ0) is 33.5. The van der Waals surface area contributed by atoms with Crippen LogP contribution in [0, 0.1) is 13.8 Å². The Morgan fingerprint density at radius 1 is 0.979 bits per heavy atom. The third-order valence-electron chi connectivity index (χ3n) is 8.64. The standard InChI is InChI=1S/C39H32ClN3O4S/c1-5-47-38(45)34-35(26-12-7-6-8-13-26)41-39-43(36(34)33-30-14-10-9-11-25(30)15-20-31(33)46-4)37(44)32(48-39)22-27-21-23(2)42(24(27)3)29-18-16-28(40)17-19-29/h6-22,36H,5H2,1-4H3/t36-/m1/s1. The summed E-state index contributed by atoms with van der Waals surface area (Å²) in [6, 6.07) is 30.1. The highest BCUT2D eigenvalue weighted by Gasteiger charge is 2.37. The lowest BCUT2D eigenvalue weighted by Crippen LogP contribution is -2.40. The zero-order valence-corrected chi connectivity index (χ0v) is 28.4. The molecule has 3 heterocycles. The molecule has 4 aromatic carbocycles. The van der Waals surface area contributed by atoms with E-state index in [4.69, 9.17) is 26.1 Å². The predicted octanol–water partition coefficient (Wildman–Crippen LogP) is 7.16. The topological polar surface area (TPSA) is 74.8 Å². The van der Waals surface area contributed by atoms with Crippen LogP contribution in [0.5, 0.6) is 5.75 Å². The van der Waals surface area contributed by atoms with E-state index in [0.29, 0.717) is 31.4 Å². The van der Waals surface area contributed by atoms with Crippen LogP contribution in [-0.4, -0.2) is 28.8 Å². The number of aryl methyl sites for hydroxylation is 1. The van der Waals surface area contributed by atoms with Crippen LogP contribution >= 0.6 is 22.9 Å². The first-order valence-electron chi connectivity index (χ1n) is 15.6. The van der Waals surface area contributed by atoms with E-state index in [1.807, 2.05) is 111 Å². The van der Waals surface area contributed by atoms with Gasteiger partial charge in [0.15, 0.2) is 4.80 Å². The molecule has 0 fully saturated rings. The lowest BCUT2D eigenvalue weighted by atomic mass is 9.89. The van der Waals surface area contributed by atoms with Crippen LogP contribution in [-0.2, 0) is 9.53 Å². The van der Waals surface area contributed by atoms with Crippen molar-refractivity contribution < 1.29 is 14.3 Å². The maximum Gasteiger partial charge on any atom is 0.338 e. The van der Waals surface area contributed by atoms with E-state index < -0.39 is 12.0 Å². The first kappa shape index (κ1) is 31.4. The molecule has 0 unspecified atom stereocenters. The molecule has 7 nitrogen and oxygen atoms in total. The minimum absolute atomic E-state index is 0.164. The number of esters is 1. The van der Waals surface area contributed by atoms with Crippen molar-refractivity contribution in [1.29, 1.82) is 0 Å². The average molecular weight is 674 g/mol. The number of thiazole rings is 1. The Labute approximate surface area is 286 Å². The van der Waals surface area contributed by atoms with Gasteiger partial charge in [0.05, 0.1) is 29.5 Å². The Hall–Kier alpha value is -5.18. The molecular formula is C39H32ClN3O4S. The molecule has 48 heavy (non-hydrogen) atoms. The highest BCUT2D eigenvalue weighted by molar-refractivity contribution is 7.07. The molecular weight excluding hydrogens is 642 g/mol. The molecule has 0 saturated heterocycles. The molecule has 6 aromatic rings. The Kier molecular flexibility index (Phi) is 8.37. The summed E-state index contributed by atoms with van der Waals surface area (Å²) in [7, 11) is 1.60. The van der Waals surface area contributed by atoms with Gasteiger partial charge in [-0.05, 0) is 79.6 Å². The Balaban J connectivity index is 1.54. The number of aromatic nitrogens is 2. The second-order valence-electron chi connectivity index (χ2n) is 11.5. The molecule has 0 amide bonds. The minimum Gasteiger partial charge on any atom is -0.496 e. The number of methoxy groups -OCH3 is 1. The molecule has 0 bridgehead atoms. The highest BCUT2D eigenvalue weighted by atomic mass is 35.5. The monoisotopic (exact) mass is 673 g/mol. The quantitative estimate of drug-likeness (QED) is 0.169. The summed E-state index contributed by atoms with van der Waals surface area (Å²) in [4.78, 5) is 34.2. The van der Waals surface area contributed by atoms with E-state index >= 15 is 0 Å². The van der Waals surface area contributed by atoms with Gasteiger partial charge in [-0.1, -0.05) is 83.6 Å². The van der Waals surface area contributed by atoms with Crippen molar-refractivity contribution in [1.82, 2.24) is 9.13 Å². The van der Waals surface area contributed by atoms with Crippen molar-refractivity contribution in [3.05, 3.63) is 155 Å². The molecule has 0 radical (unpaired) electrons. The van der Waals surface area contributed by atoms with Crippen LogP contribution in [0.15, 0.2) is 112 Å². The summed E-state index contributed by atoms with van der Waals surface area (Å²) >= 11 is 7.46. The fourth-order valence-corrected chi connectivity index (χ4v) is 7.63. The van der Waals surface area contributed by atoms with Gasteiger partial charge in [0.25, 0.3) is 5.56 Å². The fraction of sp³-hybridized carbons (Fsp3) is 0.154. The Bertz CT molecular complexity index is 2420. The normalized spacial score (nSPS) is 14.6. The van der Waals surface area contributed by atoms with Gasteiger partial charge in [0.2, 0.25) is 0 Å². The molecule has 9 heteroatoms. The van der Waals surface area contributed by atoms with E-state index in [1.165, 1.54) is 11.3 Å². The van der Waals surface area contributed by atoms with E-state index in [2.05, 4.69) is 10.6 Å². The van der Waals surface area contributed by atoms with Gasteiger partial charge in [0, 0.05) is 33.2 Å². The van der Waals surface area contributed by atoms with Crippen molar-refractivity contribution in [3.63, 3.8) is 0 Å². The van der Waals surface area contributed by atoms with Gasteiger partial charge in [0.1, 0.15) is 11.8 Å². The minimum atomic E-state index is -0.875. The van der Waals surface area contributed by atoms with Crippen molar-refractivity contribution in [2.45, 2.75) is 26.8 Å². The lowest BCUT2D eigenvalue weighted by molar-refractivity contribution is -0.138. The van der Waals surface area contributed by atoms with E-state index in [0.717, 1.165) is 39.0 Å². The first-order chi connectivity index (χ1) is 23.3. The molecule has 240 valence electrons. The van der Waals surface area contributed by atoms with Crippen molar-refractivity contribution in [2.24, 2.45) is 4.99 Å². The van der Waals surface area contributed by atoms with Gasteiger partial charge in [-0.25, -0.2) is 9.79 Å². The fourth-order valence-electron chi connectivity index (χ4n) is 6.51. The van der Waals surface area contributed by atoms with Crippen LogP contribution in [0.4, 0.5) is 0 Å². The SMILES string of the molecule is CCOC(=O)C1=C(c2ccccc2)N=c2sc(=Cc3cc(C)n(-c4ccc(Cl)cc4)c3C)c(=O)n2[C@@H]1c1c(OC)ccc2ccccc12. The van der Waals surface area contributed by atoms with Gasteiger partial charge in [-0.15, -0.1) is 0 Å². The number of benzene rings is 4. The van der Waals surface area contributed by atoms with Crippen molar-refractivity contribution >= 4 is 51.5 Å². The van der Waals surface area contributed by atoms with E-state index in [9.17, 15) is 9.59 Å². The van der Waals surface area contributed by atoms with Crippen LogP contribution in [0.3, 0.4) is 0 Å². The zero-order valence-electron chi connectivity index (χ0n) is 26.9. The number of fused-ring (bicyclic) bond motifs is 2. The van der Waals surface area contributed by atoms with E-state index in [1.54, 1.807) is 18.6 Å². The maximum absolute atomic E-state index is 14.7. The van der Waals surface area contributed by atoms with Gasteiger partial charge < -0.3 is 14.0 Å². The number of nitrogens with zero attached hydrogens (tertiary/aromatic N) is 3. The van der Waals surface area contributed by atoms with E-state index in [-0.39, 0.29) is 17.7 Å². The third kappa shape index (κ3) is 5.37. The molecule has 0 saturated carbocycles. The van der Waals surface area contributed by atoms with Crippen molar-refractivity contribution in [2.75, 3.05) is 13.7 Å². The lowest BCUT2D eigenvalue weighted by Gasteiger charge is -2.28. The largest absolute Gasteiger partial charge is 0.496 e. The molecule has 0 N–H and O–H groups in total. The molecule has 1 aliphatic rings. The van der Waals surface area contributed by atoms with Gasteiger partial charge in [-0.2, -0.15) is 0 Å². The summed E-state index contributed by atoms with van der Waals surface area (Å²) < 4.78 is 15.9. The summed E-state index contributed by atoms with van der Waals surface area (Å²) in [5.74, 6) is 0.0109. The second kappa shape index (κ2) is 12.8. The number of halogens is 1. The molecule has 1 aliphatic heterocycles. The van der Waals surface area contributed by atoms with Gasteiger partial charge in [-0.3, -0.25) is 9.36 Å². The average Bonchev–Trinajstić information content (AvgIpc) is 3.57. The van der Waals surface area contributed by atoms with Crippen LogP contribution < -0.4 is 19.6 Å². The number of carbonyl (C=O) groups excluding carboxylic acids is 1. The smallest absolute Gasteiger partial charge is 0.338 e. The number of rotatable bonds is 7. The summed E-state index contributed by atoms with van der Waals surface area (Å²) in [5, 5.41) is 2.47. The second-order valence-corrected chi connectivity index (χ2v) is 12.9. The molecule has 0 aliphatic carbocycles. The van der Waals surface area contributed by atoms with Crippen LogP contribution in [0.2, 0.25) is 5.02 Å². The maximum atomic E-state index is 14.7. The first-order valence-corrected chi connectivity index (χ1v) is 16.8. The molecule has 7 rings (SSSR count). The number of hydrogen-bond acceptors (Lipinski definition) is 6. The van der Waals surface area contributed by atoms with Crippen molar-refractivity contribution in [3.8, 4) is 11.4 Å².